The zero-order valence-electron chi connectivity index (χ0n) is 11.0. The highest BCUT2D eigenvalue weighted by Gasteiger charge is 2.53. The second-order valence-electron chi connectivity index (χ2n) is 6.40. The molecule has 0 bridgehead atoms. The Morgan fingerprint density at radius 2 is 1.81 bits per heavy atom. The number of hydrogen-bond acceptors (Lipinski definition) is 1. The quantitative estimate of drug-likeness (QED) is 0.667. The Labute approximate surface area is 99.9 Å². The molecule has 2 rings (SSSR count). The first-order valence-corrected chi connectivity index (χ1v) is 6.87. The predicted octanol–water partition coefficient (Wildman–Crippen LogP) is 3.92. The van der Waals surface area contributed by atoms with Crippen molar-refractivity contribution in [2.75, 3.05) is 0 Å². The van der Waals surface area contributed by atoms with E-state index in [-0.39, 0.29) is 5.41 Å². The average molecular weight is 222 g/mol. The maximum atomic E-state index is 11.1. The van der Waals surface area contributed by atoms with Gasteiger partial charge in [-0.2, -0.15) is 0 Å². The molecule has 0 aromatic rings. The monoisotopic (exact) mass is 222 g/mol. The number of rotatable bonds is 1. The lowest BCUT2D eigenvalue weighted by atomic mass is 9.53. The third-order valence-electron chi connectivity index (χ3n) is 5.12. The van der Waals surface area contributed by atoms with E-state index < -0.39 is 5.60 Å². The van der Waals surface area contributed by atoms with Gasteiger partial charge in [-0.25, -0.2) is 0 Å². The normalized spacial score (nSPS) is 43.2. The maximum Gasteiger partial charge on any atom is 0.0908 e. The van der Waals surface area contributed by atoms with Gasteiger partial charge < -0.3 is 5.11 Å². The van der Waals surface area contributed by atoms with Gasteiger partial charge in [0.15, 0.2) is 0 Å². The fraction of sp³-hybridized carbons (Fsp3) is 0.867. The molecule has 1 heteroatoms. The Balaban J connectivity index is 2.32. The molecule has 0 amide bonds. The van der Waals surface area contributed by atoms with Crippen molar-refractivity contribution in [3.8, 4) is 0 Å². The van der Waals surface area contributed by atoms with Crippen LogP contribution in [-0.2, 0) is 0 Å². The maximum absolute atomic E-state index is 11.1. The summed E-state index contributed by atoms with van der Waals surface area (Å²) >= 11 is 0. The lowest BCUT2D eigenvalue weighted by molar-refractivity contribution is -0.133. The Morgan fingerprint density at radius 1 is 1.12 bits per heavy atom. The van der Waals surface area contributed by atoms with Crippen LogP contribution in [0.4, 0.5) is 0 Å². The van der Waals surface area contributed by atoms with Crippen LogP contribution in [0.25, 0.3) is 0 Å². The number of fused-ring (bicyclic) bond motifs is 1. The summed E-state index contributed by atoms with van der Waals surface area (Å²) in [5.74, 6) is 1.27. The number of hydrogen-bond donors (Lipinski definition) is 1. The molecule has 0 aromatic heterocycles. The summed E-state index contributed by atoms with van der Waals surface area (Å²) in [5, 5.41) is 11.1. The molecule has 92 valence electrons. The fourth-order valence-electron chi connectivity index (χ4n) is 3.98. The van der Waals surface area contributed by atoms with Gasteiger partial charge in [0.2, 0.25) is 0 Å². The second-order valence-corrected chi connectivity index (χ2v) is 6.40. The number of allylic oxidation sites excluding steroid dienone is 1. The Kier molecular flexibility index (Phi) is 3.18. The van der Waals surface area contributed by atoms with Gasteiger partial charge in [0, 0.05) is 0 Å². The van der Waals surface area contributed by atoms with Crippen molar-refractivity contribution in [1.29, 1.82) is 0 Å². The molecule has 2 fully saturated rings. The van der Waals surface area contributed by atoms with Crippen molar-refractivity contribution in [1.82, 2.24) is 0 Å². The van der Waals surface area contributed by atoms with E-state index in [1.54, 1.807) is 0 Å². The van der Waals surface area contributed by atoms with Crippen molar-refractivity contribution >= 4 is 0 Å². The van der Waals surface area contributed by atoms with Crippen LogP contribution in [0.3, 0.4) is 0 Å². The first kappa shape index (κ1) is 12.2. The Morgan fingerprint density at radius 3 is 2.50 bits per heavy atom. The van der Waals surface area contributed by atoms with Gasteiger partial charge in [-0.15, -0.1) is 0 Å². The van der Waals surface area contributed by atoms with Gasteiger partial charge in [0.1, 0.15) is 0 Å². The summed E-state index contributed by atoms with van der Waals surface area (Å²) < 4.78 is 0. The molecule has 3 atom stereocenters. The fourth-order valence-corrected chi connectivity index (χ4v) is 3.98. The SMILES string of the molecule is CC=CC1(O)C2CCCCC2CCC1(C)C. The summed E-state index contributed by atoms with van der Waals surface area (Å²) in [6.07, 6.45) is 11.8. The van der Waals surface area contributed by atoms with Crippen molar-refractivity contribution in [2.45, 2.75) is 64.9 Å². The van der Waals surface area contributed by atoms with E-state index in [1.807, 2.05) is 13.0 Å². The highest BCUT2D eigenvalue weighted by molar-refractivity contribution is 5.15. The van der Waals surface area contributed by atoms with E-state index in [9.17, 15) is 5.11 Å². The minimum absolute atomic E-state index is 0.0397. The lowest BCUT2D eigenvalue weighted by Gasteiger charge is -2.55. The van der Waals surface area contributed by atoms with Crippen LogP contribution in [0.2, 0.25) is 0 Å². The zero-order valence-corrected chi connectivity index (χ0v) is 11.0. The van der Waals surface area contributed by atoms with Crippen molar-refractivity contribution in [3.05, 3.63) is 12.2 Å². The summed E-state index contributed by atoms with van der Waals surface area (Å²) in [6, 6.07) is 0. The topological polar surface area (TPSA) is 20.2 Å². The van der Waals surface area contributed by atoms with Crippen LogP contribution in [-0.4, -0.2) is 10.7 Å². The molecule has 0 aromatic carbocycles. The molecular weight excluding hydrogens is 196 g/mol. The van der Waals surface area contributed by atoms with Crippen LogP contribution in [0, 0.1) is 17.3 Å². The highest BCUT2D eigenvalue weighted by Crippen LogP contribution is 2.54. The molecule has 0 heterocycles. The molecule has 2 aliphatic rings. The van der Waals surface area contributed by atoms with Gasteiger partial charge in [-0.3, -0.25) is 0 Å². The molecule has 2 aliphatic carbocycles. The zero-order chi connectivity index (χ0) is 11.8. The van der Waals surface area contributed by atoms with Gasteiger partial charge >= 0.3 is 0 Å². The number of aliphatic hydroxyl groups is 1. The summed E-state index contributed by atoms with van der Waals surface area (Å²) in [5.41, 5.74) is -0.525. The standard InChI is InChI=1S/C15H26O/c1-4-10-15(16)13-8-6-5-7-12(13)9-11-14(15,2)3/h4,10,12-13,16H,5-9,11H2,1-3H3. The molecule has 0 saturated heterocycles. The molecule has 1 N–H and O–H groups in total. The summed E-state index contributed by atoms with van der Waals surface area (Å²) in [7, 11) is 0. The molecule has 0 aliphatic heterocycles. The van der Waals surface area contributed by atoms with Crippen LogP contribution in [0.5, 0.6) is 0 Å². The molecule has 0 radical (unpaired) electrons. The van der Waals surface area contributed by atoms with E-state index in [2.05, 4.69) is 19.9 Å². The van der Waals surface area contributed by atoms with Crippen LogP contribution in [0.1, 0.15) is 59.3 Å². The van der Waals surface area contributed by atoms with Crippen LogP contribution >= 0.6 is 0 Å². The first-order chi connectivity index (χ1) is 7.51. The molecule has 1 nitrogen and oxygen atoms in total. The van der Waals surface area contributed by atoms with Gasteiger partial charge in [0.25, 0.3) is 0 Å². The van der Waals surface area contributed by atoms with E-state index in [0.29, 0.717) is 5.92 Å². The van der Waals surface area contributed by atoms with E-state index >= 15 is 0 Å². The van der Waals surface area contributed by atoms with Crippen molar-refractivity contribution in [3.63, 3.8) is 0 Å². The lowest BCUT2D eigenvalue weighted by Crippen LogP contribution is -2.55. The Hall–Kier alpha value is -0.300. The van der Waals surface area contributed by atoms with E-state index in [0.717, 1.165) is 12.3 Å². The largest absolute Gasteiger partial charge is 0.385 e. The first-order valence-electron chi connectivity index (χ1n) is 6.87. The third-order valence-corrected chi connectivity index (χ3v) is 5.12. The second kappa shape index (κ2) is 4.18. The van der Waals surface area contributed by atoms with Gasteiger partial charge in [0.05, 0.1) is 5.60 Å². The molecule has 16 heavy (non-hydrogen) atoms. The van der Waals surface area contributed by atoms with Gasteiger partial charge in [-0.05, 0) is 43.4 Å². The van der Waals surface area contributed by atoms with Gasteiger partial charge in [-0.1, -0.05) is 45.3 Å². The third kappa shape index (κ3) is 1.73. The molecule has 2 saturated carbocycles. The summed E-state index contributed by atoms with van der Waals surface area (Å²) in [4.78, 5) is 0. The highest BCUT2D eigenvalue weighted by atomic mass is 16.3. The van der Waals surface area contributed by atoms with Crippen LogP contribution in [0.15, 0.2) is 12.2 Å². The van der Waals surface area contributed by atoms with E-state index in [4.69, 9.17) is 0 Å². The van der Waals surface area contributed by atoms with Crippen LogP contribution < -0.4 is 0 Å². The van der Waals surface area contributed by atoms with Crippen molar-refractivity contribution in [2.24, 2.45) is 17.3 Å². The van der Waals surface area contributed by atoms with E-state index in [1.165, 1.54) is 32.1 Å². The predicted molar refractivity (Wildman–Crippen MR) is 68.2 cm³/mol. The molecular formula is C15H26O. The summed E-state index contributed by atoms with van der Waals surface area (Å²) in [6.45, 7) is 6.50. The average Bonchev–Trinajstić information content (AvgIpc) is 2.25. The smallest absolute Gasteiger partial charge is 0.0908 e. The molecule has 3 unspecified atom stereocenters. The van der Waals surface area contributed by atoms with Crippen molar-refractivity contribution < 1.29 is 5.11 Å². The minimum atomic E-state index is -0.564. The minimum Gasteiger partial charge on any atom is -0.385 e. The Bertz CT molecular complexity index is 279. The molecule has 0 spiro atoms.